The number of carbonyl (C=O) groups is 1. The lowest BCUT2D eigenvalue weighted by atomic mass is 10.1. The Morgan fingerprint density at radius 3 is 2.33 bits per heavy atom. The van der Waals surface area contributed by atoms with Gasteiger partial charge in [0.2, 0.25) is 15.9 Å². The van der Waals surface area contributed by atoms with Crippen molar-refractivity contribution in [2.45, 2.75) is 30.6 Å². The number of hydrogen-bond acceptors (Lipinski definition) is 5. The van der Waals surface area contributed by atoms with E-state index in [0.29, 0.717) is 5.75 Å². The van der Waals surface area contributed by atoms with Crippen LogP contribution in [-0.4, -0.2) is 34.3 Å². The van der Waals surface area contributed by atoms with Crippen LogP contribution in [0.15, 0.2) is 53.4 Å². The van der Waals surface area contributed by atoms with Gasteiger partial charge in [-0.1, -0.05) is 18.2 Å². The number of methoxy groups -OCH3 is 1. The molecule has 2 rings (SSSR count). The molecule has 1 atom stereocenters. The Hall–Kier alpha value is -2.79. The zero-order valence-electron chi connectivity index (χ0n) is 16.2. The Labute approximate surface area is 172 Å². The summed E-state index contributed by atoms with van der Waals surface area (Å²) in [6, 6.07) is 10.6. The Balaban J connectivity index is 1.88. The molecule has 0 saturated heterocycles. The minimum Gasteiger partial charge on any atom is -0.496 e. The van der Waals surface area contributed by atoms with Crippen molar-refractivity contribution in [3.63, 3.8) is 0 Å². The van der Waals surface area contributed by atoms with Crippen LogP contribution < -0.4 is 19.5 Å². The number of ether oxygens (including phenoxy) is 2. The molecule has 7 nitrogen and oxygen atoms in total. The van der Waals surface area contributed by atoms with Gasteiger partial charge in [-0.3, -0.25) is 4.79 Å². The molecule has 2 N–H and O–H groups in total. The molecule has 0 heterocycles. The summed E-state index contributed by atoms with van der Waals surface area (Å²) in [7, 11) is -2.48. The second kappa shape index (κ2) is 9.81. The van der Waals surface area contributed by atoms with Crippen LogP contribution in [0.1, 0.15) is 24.9 Å². The number of nitrogens with one attached hydrogen (secondary N) is 2. The highest BCUT2D eigenvalue weighted by molar-refractivity contribution is 7.89. The van der Waals surface area contributed by atoms with Crippen LogP contribution in [0.4, 0.5) is 13.2 Å². The van der Waals surface area contributed by atoms with Crippen LogP contribution in [0, 0.1) is 0 Å². The molecular weight excluding hydrogens is 425 g/mol. The third kappa shape index (κ3) is 6.92. The SMILES string of the molecule is COc1ccccc1C(C)NC(=O)CCNS(=O)(=O)c1ccc(OC(F)(F)F)cc1. The fraction of sp³-hybridized carbons (Fsp3) is 0.316. The maximum absolute atomic E-state index is 12.2. The molecule has 1 unspecified atom stereocenters. The van der Waals surface area contributed by atoms with E-state index in [0.717, 1.165) is 29.8 Å². The summed E-state index contributed by atoms with van der Waals surface area (Å²) < 4.78 is 72.1. The number of rotatable bonds is 9. The number of hydrogen-bond donors (Lipinski definition) is 2. The first-order chi connectivity index (χ1) is 14.0. The highest BCUT2D eigenvalue weighted by Crippen LogP contribution is 2.25. The Morgan fingerprint density at radius 2 is 1.73 bits per heavy atom. The summed E-state index contributed by atoms with van der Waals surface area (Å²) in [5, 5.41) is 2.75. The molecule has 1 amide bonds. The molecule has 0 fully saturated rings. The van der Waals surface area contributed by atoms with Crippen LogP contribution in [0.25, 0.3) is 0 Å². The molecule has 2 aromatic rings. The fourth-order valence-corrected chi connectivity index (χ4v) is 3.65. The van der Waals surface area contributed by atoms with Crippen molar-refractivity contribution in [2.75, 3.05) is 13.7 Å². The van der Waals surface area contributed by atoms with Gasteiger partial charge in [-0.15, -0.1) is 13.2 Å². The van der Waals surface area contributed by atoms with Crippen molar-refractivity contribution in [3.05, 3.63) is 54.1 Å². The van der Waals surface area contributed by atoms with Gasteiger partial charge in [0.25, 0.3) is 0 Å². The molecule has 30 heavy (non-hydrogen) atoms. The van der Waals surface area contributed by atoms with Gasteiger partial charge in [-0.05, 0) is 37.3 Å². The average Bonchev–Trinajstić information content (AvgIpc) is 2.66. The third-order valence-electron chi connectivity index (χ3n) is 3.99. The first-order valence-electron chi connectivity index (χ1n) is 8.79. The number of benzene rings is 2. The van der Waals surface area contributed by atoms with Gasteiger partial charge >= 0.3 is 6.36 Å². The van der Waals surface area contributed by atoms with Gasteiger partial charge in [-0.2, -0.15) is 0 Å². The topological polar surface area (TPSA) is 93.7 Å². The van der Waals surface area contributed by atoms with Crippen molar-refractivity contribution >= 4 is 15.9 Å². The van der Waals surface area contributed by atoms with Gasteiger partial charge in [0.15, 0.2) is 0 Å². The molecule has 2 aromatic carbocycles. The lowest BCUT2D eigenvalue weighted by Crippen LogP contribution is -2.32. The summed E-state index contributed by atoms with van der Waals surface area (Å²) in [5.41, 5.74) is 0.773. The average molecular weight is 446 g/mol. The first-order valence-corrected chi connectivity index (χ1v) is 10.3. The molecule has 0 saturated carbocycles. The van der Waals surface area contributed by atoms with Crippen LogP contribution in [-0.2, 0) is 14.8 Å². The van der Waals surface area contributed by atoms with Crippen LogP contribution >= 0.6 is 0 Å². The summed E-state index contributed by atoms with van der Waals surface area (Å²) in [6.07, 6.45) is -5.00. The molecule has 164 valence electrons. The Kier molecular flexibility index (Phi) is 7.68. The van der Waals surface area contributed by atoms with Gasteiger partial charge in [0.1, 0.15) is 11.5 Å². The van der Waals surface area contributed by atoms with E-state index in [1.807, 2.05) is 0 Å². The molecule has 0 bridgehead atoms. The summed E-state index contributed by atoms with van der Waals surface area (Å²) in [4.78, 5) is 11.9. The van der Waals surface area contributed by atoms with Crippen molar-refractivity contribution < 1.29 is 35.9 Å². The first kappa shape index (κ1) is 23.5. The van der Waals surface area contributed by atoms with E-state index in [1.54, 1.807) is 31.2 Å². The van der Waals surface area contributed by atoms with Crippen molar-refractivity contribution in [1.29, 1.82) is 0 Å². The van der Waals surface area contributed by atoms with E-state index in [4.69, 9.17) is 4.74 Å². The van der Waals surface area contributed by atoms with E-state index in [2.05, 4.69) is 14.8 Å². The highest BCUT2D eigenvalue weighted by Gasteiger charge is 2.31. The van der Waals surface area contributed by atoms with Crippen molar-refractivity contribution in [2.24, 2.45) is 0 Å². The second-order valence-electron chi connectivity index (χ2n) is 6.20. The van der Waals surface area contributed by atoms with E-state index >= 15 is 0 Å². The van der Waals surface area contributed by atoms with Gasteiger partial charge in [0, 0.05) is 18.5 Å². The van der Waals surface area contributed by atoms with Crippen molar-refractivity contribution in [1.82, 2.24) is 10.0 Å². The Bertz CT molecular complexity index is 963. The van der Waals surface area contributed by atoms with Gasteiger partial charge in [-0.25, -0.2) is 13.1 Å². The number of para-hydroxylation sites is 1. The number of halogens is 3. The molecule has 0 aliphatic rings. The predicted molar refractivity (Wildman–Crippen MR) is 102 cm³/mol. The van der Waals surface area contributed by atoms with Gasteiger partial charge < -0.3 is 14.8 Å². The number of carbonyl (C=O) groups excluding carboxylic acids is 1. The standard InChI is InChI=1S/C19H21F3N2O5S/c1-13(16-5-3-4-6-17(16)28-2)24-18(25)11-12-23-30(26,27)15-9-7-14(8-10-15)29-19(20,21)22/h3-10,13,23H,11-12H2,1-2H3,(H,24,25). The lowest BCUT2D eigenvalue weighted by molar-refractivity contribution is -0.274. The molecule has 0 spiro atoms. The zero-order chi connectivity index (χ0) is 22.4. The summed E-state index contributed by atoms with van der Waals surface area (Å²) in [6.45, 7) is 1.58. The molecule has 0 aliphatic heterocycles. The largest absolute Gasteiger partial charge is 0.573 e. The lowest BCUT2D eigenvalue weighted by Gasteiger charge is -2.17. The number of alkyl halides is 3. The number of sulfonamides is 1. The molecular formula is C19H21F3N2O5S. The zero-order valence-corrected chi connectivity index (χ0v) is 17.0. The molecule has 0 aliphatic carbocycles. The summed E-state index contributed by atoms with van der Waals surface area (Å²) >= 11 is 0. The minimum atomic E-state index is -4.87. The molecule has 0 aromatic heterocycles. The second-order valence-corrected chi connectivity index (χ2v) is 7.97. The van der Waals surface area contributed by atoms with E-state index < -0.39 is 22.1 Å². The quantitative estimate of drug-likeness (QED) is 0.617. The molecule has 0 radical (unpaired) electrons. The van der Waals surface area contributed by atoms with Crippen LogP contribution in [0.5, 0.6) is 11.5 Å². The smallest absolute Gasteiger partial charge is 0.496 e. The van der Waals surface area contributed by atoms with E-state index in [-0.39, 0.29) is 29.8 Å². The van der Waals surface area contributed by atoms with E-state index in [9.17, 15) is 26.4 Å². The Morgan fingerprint density at radius 1 is 1.10 bits per heavy atom. The normalized spacial score (nSPS) is 12.8. The third-order valence-corrected chi connectivity index (χ3v) is 5.47. The predicted octanol–water partition coefficient (Wildman–Crippen LogP) is 3.14. The maximum Gasteiger partial charge on any atom is 0.573 e. The van der Waals surface area contributed by atoms with E-state index in [1.165, 1.54) is 7.11 Å². The van der Waals surface area contributed by atoms with Crippen LogP contribution in [0.2, 0.25) is 0 Å². The molecule has 11 heteroatoms. The minimum absolute atomic E-state index is 0.131. The fourth-order valence-electron chi connectivity index (χ4n) is 2.62. The monoisotopic (exact) mass is 446 g/mol. The highest BCUT2D eigenvalue weighted by atomic mass is 32.2. The summed E-state index contributed by atoms with van der Waals surface area (Å²) in [5.74, 6) is -0.305. The van der Waals surface area contributed by atoms with Gasteiger partial charge in [0.05, 0.1) is 18.0 Å². The van der Waals surface area contributed by atoms with Crippen LogP contribution in [0.3, 0.4) is 0 Å². The maximum atomic E-state index is 12.2. The number of amides is 1. The van der Waals surface area contributed by atoms with Crippen molar-refractivity contribution in [3.8, 4) is 11.5 Å².